The molecule has 7 heteroatoms. The molecular weight excluding hydrogens is 256 g/mol. The van der Waals surface area contributed by atoms with Crippen molar-refractivity contribution in [1.29, 1.82) is 0 Å². The molecule has 0 bridgehead atoms. The van der Waals surface area contributed by atoms with Crippen LogP contribution in [0.1, 0.15) is 11.3 Å². The predicted molar refractivity (Wildman–Crippen MR) is 65.4 cm³/mol. The van der Waals surface area contributed by atoms with Crippen LogP contribution in [0.15, 0.2) is 22.7 Å². The van der Waals surface area contributed by atoms with Crippen LogP contribution in [-0.2, 0) is 21.0 Å². The molecule has 2 heterocycles. The smallest absolute Gasteiger partial charge is 0.353 e. The van der Waals surface area contributed by atoms with Gasteiger partial charge in [0.25, 0.3) is 5.91 Å². The second-order valence-electron chi connectivity index (χ2n) is 3.91. The van der Waals surface area contributed by atoms with Crippen molar-refractivity contribution in [3.8, 4) is 0 Å². The third-order valence-electron chi connectivity index (χ3n) is 2.54. The van der Waals surface area contributed by atoms with Crippen LogP contribution in [0.25, 0.3) is 0 Å². The van der Waals surface area contributed by atoms with Crippen molar-refractivity contribution in [3.05, 3.63) is 22.4 Å². The Balaban J connectivity index is 1.91. The average molecular weight is 268 g/mol. The number of carbonyl (C=O) groups excluding carboxylic acids is 1. The van der Waals surface area contributed by atoms with Gasteiger partial charge in [-0.2, -0.15) is 0 Å². The van der Waals surface area contributed by atoms with E-state index < -0.39 is 12.1 Å². The first-order valence-electron chi connectivity index (χ1n) is 5.31. The molecular formula is C11H12N2O4S. The standard InChI is InChI=1S/C11H12N2O4S/c1-13(6-7-3-2-4-18-7)10(14)9-5-8(11(15)16)12-17-9/h2-4,9H,5-6H2,1H3,(H,15,16). The van der Waals surface area contributed by atoms with Gasteiger partial charge in [-0.1, -0.05) is 11.2 Å². The van der Waals surface area contributed by atoms with E-state index >= 15 is 0 Å². The normalized spacial score (nSPS) is 18.1. The minimum absolute atomic E-state index is 0.0168. The molecule has 1 amide bonds. The molecule has 0 saturated carbocycles. The van der Waals surface area contributed by atoms with Crippen molar-refractivity contribution >= 4 is 28.9 Å². The summed E-state index contributed by atoms with van der Waals surface area (Å²) < 4.78 is 0. The number of carboxylic acids is 1. The molecule has 0 saturated heterocycles. The summed E-state index contributed by atoms with van der Waals surface area (Å²) in [5.41, 5.74) is -0.113. The van der Waals surface area contributed by atoms with Crippen molar-refractivity contribution in [2.45, 2.75) is 19.1 Å². The lowest BCUT2D eigenvalue weighted by molar-refractivity contribution is -0.141. The topological polar surface area (TPSA) is 79.2 Å². The Morgan fingerprint density at radius 1 is 1.67 bits per heavy atom. The van der Waals surface area contributed by atoms with Gasteiger partial charge in [-0.25, -0.2) is 4.79 Å². The Hall–Kier alpha value is -1.89. The summed E-state index contributed by atoms with van der Waals surface area (Å²) in [4.78, 5) is 30.1. The number of carbonyl (C=O) groups is 2. The largest absolute Gasteiger partial charge is 0.477 e. The van der Waals surface area contributed by atoms with Crippen LogP contribution >= 0.6 is 11.3 Å². The van der Waals surface area contributed by atoms with Crippen LogP contribution in [0, 0.1) is 0 Å². The molecule has 2 rings (SSSR count). The lowest BCUT2D eigenvalue weighted by atomic mass is 10.1. The highest BCUT2D eigenvalue weighted by molar-refractivity contribution is 7.09. The molecule has 1 aromatic rings. The SMILES string of the molecule is CN(Cc1cccs1)C(=O)C1CC(C(=O)O)=NO1. The molecule has 0 aliphatic carbocycles. The van der Waals surface area contributed by atoms with Crippen LogP contribution in [0.3, 0.4) is 0 Å². The Bertz CT molecular complexity index is 483. The van der Waals surface area contributed by atoms with Crippen molar-refractivity contribution in [2.24, 2.45) is 5.16 Å². The fourth-order valence-electron chi connectivity index (χ4n) is 1.60. The van der Waals surface area contributed by atoms with E-state index in [1.807, 2.05) is 17.5 Å². The summed E-state index contributed by atoms with van der Waals surface area (Å²) in [5.74, 6) is -1.41. The van der Waals surface area contributed by atoms with Gasteiger partial charge < -0.3 is 14.8 Å². The van der Waals surface area contributed by atoms with E-state index in [0.717, 1.165) is 4.88 Å². The average Bonchev–Trinajstić information content (AvgIpc) is 2.98. The lowest BCUT2D eigenvalue weighted by Crippen LogP contribution is -2.36. The van der Waals surface area contributed by atoms with Crippen LogP contribution in [0.4, 0.5) is 0 Å². The molecule has 0 fully saturated rings. The van der Waals surface area contributed by atoms with E-state index in [1.165, 1.54) is 4.90 Å². The summed E-state index contributed by atoms with van der Waals surface area (Å²) in [5, 5.41) is 14.1. The molecule has 1 N–H and O–H groups in total. The zero-order chi connectivity index (χ0) is 13.1. The van der Waals surface area contributed by atoms with Crippen LogP contribution in [0.5, 0.6) is 0 Å². The van der Waals surface area contributed by atoms with Gasteiger partial charge >= 0.3 is 5.97 Å². The molecule has 1 aliphatic heterocycles. The fourth-order valence-corrected chi connectivity index (χ4v) is 2.35. The van der Waals surface area contributed by atoms with Crippen molar-refractivity contribution < 1.29 is 19.5 Å². The Kier molecular flexibility index (Phi) is 3.61. The van der Waals surface area contributed by atoms with E-state index in [9.17, 15) is 9.59 Å². The number of hydrogen-bond donors (Lipinski definition) is 1. The molecule has 1 aliphatic rings. The van der Waals surface area contributed by atoms with E-state index in [-0.39, 0.29) is 18.0 Å². The van der Waals surface area contributed by atoms with Gasteiger partial charge in [0, 0.05) is 18.3 Å². The monoisotopic (exact) mass is 268 g/mol. The predicted octanol–water partition coefficient (Wildman–Crippen LogP) is 0.936. The molecule has 0 radical (unpaired) electrons. The fraction of sp³-hybridized carbons (Fsp3) is 0.364. The third kappa shape index (κ3) is 2.67. The van der Waals surface area contributed by atoms with Gasteiger partial charge in [0.05, 0.1) is 6.54 Å². The minimum Gasteiger partial charge on any atom is -0.477 e. The number of rotatable bonds is 4. The first-order chi connectivity index (χ1) is 8.58. The van der Waals surface area contributed by atoms with Gasteiger partial charge in [-0.15, -0.1) is 11.3 Å². The van der Waals surface area contributed by atoms with Crippen molar-refractivity contribution in [3.63, 3.8) is 0 Å². The first kappa shape index (κ1) is 12.6. The maximum absolute atomic E-state index is 12.0. The summed E-state index contributed by atoms with van der Waals surface area (Å²) in [6.45, 7) is 0.485. The highest BCUT2D eigenvalue weighted by Gasteiger charge is 2.33. The van der Waals surface area contributed by atoms with Gasteiger partial charge in [0.2, 0.25) is 6.10 Å². The summed E-state index contributed by atoms with van der Waals surface area (Å²) in [7, 11) is 1.66. The Morgan fingerprint density at radius 3 is 3.00 bits per heavy atom. The van der Waals surface area contributed by atoms with E-state index in [2.05, 4.69) is 5.16 Å². The molecule has 1 aromatic heterocycles. The van der Waals surface area contributed by atoms with Crippen molar-refractivity contribution in [1.82, 2.24) is 4.90 Å². The number of hydrogen-bond acceptors (Lipinski definition) is 5. The summed E-state index contributed by atoms with van der Waals surface area (Å²) >= 11 is 1.56. The molecule has 0 aromatic carbocycles. The molecule has 1 unspecified atom stereocenters. The first-order valence-corrected chi connectivity index (χ1v) is 6.19. The van der Waals surface area contributed by atoms with E-state index in [4.69, 9.17) is 9.94 Å². The number of amides is 1. The van der Waals surface area contributed by atoms with Crippen molar-refractivity contribution in [2.75, 3.05) is 7.05 Å². The second-order valence-corrected chi connectivity index (χ2v) is 4.95. The molecule has 18 heavy (non-hydrogen) atoms. The number of thiophene rings is 1. The van der Waals surface area contributed by atoms with Gasteiger partial charge in [-0.05, 0) is 11.4 Å². The van der Waals surface area contributed by atoms with Gasteiger partial charge in [0.15, 0.2) is 5.71 Å². The van der Waals surface area contributed by atoms with E-state index in [1.54, 1.807) is 18.4 Å². The second kappa shape index (κ2) is 5.18. The zero-order valence-corrected chi connectivity index (χ0v) is 10.5. The highest BCUT2D eigenvalue weighted by atomic mass is 32.1. The van der Waals surface area contributed by atoms with Gasteiger partial charge in [0.1, 0.15) is 0 Å². The highest BCUT2D eigenvalue weighted by Crippen LogP contribution is 2.16. The van der Waals surface area contributed by atoms with Crippen LogP contribution in [-0.4, -0.2) is 40.7 Å². The Morgan fingerprint density at radius 2 is 2.44 bits per heavy atom. The number of nitrogens with zero attached hydrogens (tertiary/aromatic N) is 2. The quantitative estimate of drug-likeness (QED) is 0.881. The number of likely N-dealkylation sites (N-methyl/N-ethyl adjacent to an activating group) is 1. The number of carboxylic acid groups (broad SMARTS) is 1. The third-order valence-corrected chi connectivity index (χ3v) is 3.40. The van der Waals surface area contributed by atoms with Gasteiger partial charge in [-0.3, -0.25) is 4.79 Å². The van der Waals surface area contributed by atoms with Crippen LogP contribution < -0.4 is 0 Å². The number of oxime groups is 1. The summed E-state index contributed by atoms with van der Waals surface area (Å²) in [6.07, 6.45) is -0.802. The van der Waals surface area contributed by atoms with E-state index in [0.29, 0.717) is 6.54 Å². The minimum atomic E-state index is -1.15. The summed E-state index contributed by atoms with van der Waals surface area (Å²) in [6, 6.07) is 3.85. The molecule has 96 valence electrons. The number of aliphatic carboxylic acids is 1. The Labute approximate surface area is 107 Å². The lowest BCUT2D eigenvalue weighted by Gasteiger charge is -2.18. The maximum Gasteiger partial charge on any atom is 0.353 e. The maximum atomic E-state index is 12.0. The zero-order valence-electron chi connectivity index (χ0n) is 9.70. The molecule has 0 spiro atoms. The molecule has 6 nitrogen and oxygen atoms in total. The van der Waals surface area contributed by atoms with Crippen LogP contribution in [0.2, 0.25) is 0 Å². The molecule has 1 atom stereocenters.